The number of esters is 1. The van der Waals surface area contributed by atoms with Gasteiger partial charge >= 0.3 is 18.2 Å². The van der Waals surface area contributed by atoms with Crippen molar-refractivity contribution in [3.8, 4) is 5.75 Å². The number of ether oxygens (including phenoxy) is 4. The van der Waals surface area contributed by atoms with Gasteiger partial charge in [-0.05, 0) is 54.9 Å². The summed E-state index contributed by atoms with van der Waals surface area (Å²) in [4.78, 5) is 55.2. The van der Waals surface area contributed by atoms with Gasteiger partial charge < -0.3 is 29.2 Å². The van der Waals surface area contributed by atoms with E-state index in [4.69, 9.17) is 18.9 Å². The molecule has 1 N–H and O–H groups in total. The van der Waals surface area contributed by atoms with E-state index in [0.29, 0.717) is 32.1 Å². The lowest BCUT2D eigenvalue weighted by Crippen LogP contribution is -2.64. The molecule has 42 heavy (non-hydrogen) atoms. The summed E-state index contributed by atoms with van der Waals surface area (Å²) < 4.78 is 21.3. The largest absolute Gasteiger partial charge is 0.467 e. The molecule has 1 aliphatic carbocycles. The first-order chi connectivity index (χ1) is 20.4. The van der Waals surface area contributed by atoms with Crippen molar-refractivity contribution in [1.29, 1.82) is 0 Å². The Hall–Kier alpha value is -4.12. The third-order valence-electron chi connectivity index (χ3n) is 8.21. The molecule has 2 atom stereocenters. The van der Waals surface area contributed by atoms with Gasteiger partial charge in [-0.1, -0.05) is 42.5 Å². The predicted molar refractivity (Wildman–Crippen MR) is 151 cm³/mol. The predicted octanol–water partition coefficient (Wildman–Crippen LogP) is 3.30. The number of hydrogen-bond donors (Lipinski definition) is 1. The molecule has 11 nitrogen and oxygen atoms in total. The van der Waals surface area contributed by atoms with Crippen LogP contribution in [-0.2, 0) is 36.8 Å². The van der Waals surface area contributed by atoms with E-state index in [1.165, 1.54) is 7.11 Å². The van der Waals surface area contributed by atoms with Crippen molar-refractivity contribution in [2.24, 2.45) is 5.92 Å². The Labute approximate surface area is 245 Å². The van der Waals surface area contributed by atoms with Gasteiger partial charge in [0, 0.05) is 25.6 Å². The highest BCUT2D eigenvalue weighted by molar-refractivity contribution is 5.90. The second kappa shape index (κ2) is 13.7. The molecular formula is C31H37N3O8. The summed E-state index contributed by atoms with van der Waals surface area (Å²) in [6.07, 6.45) is 2.49. The summed E-state index contributed by atoms with van der Waals surface area (Å²) in [5.41, 5.74) is 1.60. The fourth-order valence-electron chi connectivity index (χ4n) is 5.98. The number of nitrogens with zero attached hydrogens (tertiary/aromatic N) is 2. The Morgan fingerprint density at radius 3 is 2.26 bits per heavy atom. The normalized spacial score (nSPS) is 22.2. The van der Waals surface area contributed by atoms with E-state index in [1.807, 2.05) is 30.3 Å². The Kier molecular flexibility index (Phi) is 9.58. The molecule has 11 heteroatoms. The number of rotatable bonds is 8. The van der Waals surface area contributed by atoms with Crippen molar-refractivity contribution in [2.45, 2.75) is 56.8 Å². The quantitative estimate of drug-likeness (QED) is 0.473. The SMILES string of the molecule is COC(=O)[C@H](Cc1ccc(OC(=O)N2CCOCC2)cc1)NC(=O)C1C2CCC(CC2)N1C(=O)OCc1ccccc1. The summed E-state index contributed by atoms with van der Waals surface area (Å²) in [5, 5.41) is 2.85. The number of hydrogen-bond acceptors (Lipinski definition) is 8. The van der Waals surface area contributed by atoms with Crippen molar-refractivity contribution in [3.63, 3.8) is 0 Å². The first-order valence-corrected chi connectivity index (χ1v) is 14.4. The molecule has 4 aliphatic rings. The number of amides is 3. The molecule has 0 aromatic heterocycles. The molecule has 0 spiro atoms. The lowest BCUT2D eigenvalue weighted by molar-refractivity contribution is -0.147. The molecule has 2 bridgehead atoms. The number of morpholine rings is 1. The number of methoxy groups -OCH3 is 1. The van der Waals surface area contributed by atoms with E-state index >= 15 is 0 Å². The summed E-state index contributed by atoms with van der Waals surface area (Å²) in [5.74, 6) is -0.632. The Morgan fingerprint density at radius 1 is 0.905 bits per heavy atom. The van der Waals surface area contributed by atoms with E-state index in [2.05, 4.69) is 5.32 Å². The molecule has 1 saturated carbocycles. The van der Waals surface area contributed by atoms with Gasteiger partial charge in [-0.3, -0.25) is 9.69 Å². The lowest BCUT2D eigenvalue weighted by atomic mass is 9.74. The van der Waals surface area contributed by atoms with Crippen LogP contribution in [0.5, 0.6) is 5.75 Å². The van der Waals surface area contributed by atoms with Crippen molar-refractivity contribution < 1.29 is 38.1 Å². The van der Waals surface area contributed by atoms with Crippen LogP contribution in [0.15, 0.2) is 54.6 Å². The summed E-state index contributed by atoms with van der Waals surface area (Å²) in [6.45, 7) is 2.02. The van der Waals surface area contributed by atoms with Gasteiger partial charge in [-0.15, -0.1) is 0 Å². The van der Waals surface area contributed by atoms with Crippen molar-refractivity contribution in [3.05, 3.63) is 65.7 Å². The Bertz CT molecular complexity index is 1240. The third kappa shape index (κ3) is 7.02. The van der Waals surface area contributed by atoms with Crippen LogP contribution in [0.2, 0.25) is 0 Å². The molecule has 224 valence electrons. The molecule has 1 unspecified atom stereocenters. The average Bonchev–Trinajstić information content (AvgIpc) is 3.04. The maximum Gasteiger partial charge on any atom is 0.415 e. The zero-order chi connectivity index (χ0) is 29.5. The fraction of sp³-hybridized carbons (Fsp3) is 0.484. The highest BCUT2D eigenvalue weighted by atomic mass is 16.6. The lowest BCUT2D eigenvalue weighted by Gasteiger charge is -2.49. The van der Waals surface area contributed by atoms with Gasteiger partial charge in [0.1, 0.15) is 24.4 Å². The molecule has 4 fully saturated rings. The standard InChI is InChI=1S/C31H37N3O8/c1-39-29(36)26(19-21-7-13-25(14-8-21)42-30(37)33-15-17-40-18-16-33)32-28(35)27-23-9-11-24(12-10-23)34(27)31(38)41-20-22-5-3-2-4-6-22/h2-8,13-14,23-24,26-27H,9-12,15-20H2,1H3,(H,32,35)/t23?,24?,26-,27?/m0/s1. The first-order valence-electron chi connectivity index (χ1n) is 14.4. The van der Waals surface area contributed by atoms with Crippen LogP contribution in [0, 0.1) is 5.92 Å². The van der Waals surface area contributed by atoms with Gasteiger partial charge in [-0.2, -0.15) is 0 Å². The maximum atomic E-state index is 13.7. The van der Waals surface area contributed by atoms with Crippen LogP contribution in [0.4, 0.5) is 9.59 Å². The Morgan fingerprint density at radius 2 is 1.60 bits per heavy atom. The number of nitrogens with one attached hydrogen (secondary N) is 1. The molecule has 2 aromatic rings. The molecule has 3 aliphatic heterocycles. The second-order valence-electron chi connectivity index (χ2n) is 10.9. The topological polar surface area (TPSA) is 124 Å². The van der Waals surface area contributed by atoms with E-state index in [1.54, 1.807) is 34.1 Å². The van der Waals surface area contributed by atoms with Crippen molar-refractivity contribution >= 4 is 24.1 Å². The third-order valence-corrected chi connectivity index (χ3v) is 8.21. The molecular weight excluding hydrogens is 542 g/mol. The highest BCUT2D eigenvalue weighted by Gasteiger charge is 2.49. The first kappa shape index (κ1) is 29.4. The minimum Gasteiger partial charge on any atom is -0.467 e. The zero-order valence-corrected chi connectivity index (χ0v) is 23.7. The minimum atomic E-state index is -0.966. The number of carbonyl (C=O) groups excluding carboxylic acids is 4. The van der Waals surface area contributed by atoms with Gasteiger partial charge in [0.25, 0.3) is 0 Å². The molecule has 3 saturated heterocycles. The van der Waals surface area contributed by atoms with Crippen LogP contribution >= 0.6 is 0 Å². The fourth-order valence-corrected chi connectivity index (χ4v) is 5.98. The molecule has 2 aromatic carbocycles. The maximum absolute atomic E-state index is 13.7. The van der Waals surface area contributed by atoms with Crippen LogP contribution in [-0.4, -0.2) is 85.4 Å². The van der Waals surface area contributed by atoms with Crippen LogP contribution in [0.25, 0.3) is 0 Å². The van der Waals surface area contributed by atoms with Gasteiger partial charge in [-0.25, -0.2) is 14.4 Å². The number of carbonyl (C=O) groups is 4. The summed E-state index contributed by atoms with van der Waals surface area (Å²) in [7, 11) is 1.27. The minimum absolute atomic E-state index is 0.0157. The van der Waals surface area contributed by atoms with E-state index in [-0.39, 0.29) is 25.0 Å². The van der Waals surface area contributed by atoms with Crippen molar-refractivity contribution in [2.75, 3.05) is 33.4 Å². The Balaban J connectivity index is 1.23. The number of benzene rings is 2. The van der Waals surface area contributed by atoms with E-state index < -0.39 is 36.1 Å². The van der Waals surface area contributed by atoms with Crippen LogP contribution in [0.1, 0.15) is 36.8 Å². The number of fused-ring (bicyclic) bond motifs is 3. The second-order valence-corrected chi connectivity index (χ2v) is 10.9. The average molecular weight is 580 g/mol. The zero-order valence-electron chi connectivity index (χ0n) is 23.7. The highest BCUT2D eigenvalue weighted by Crippen LogP contribution is 2.40. The monoisotopic (exact) mass is 579 g/mol. The number of piperidine rings is 2. The van der Waals surface area contributed by atoms with Gasteiger partial charge in [0.2, 0.25) is 5.91 Å². The summed E-state index contributed by atoms with van der Waals surface area (Å²) in [6, 6.07) is 14.4. The van der Waals surface area contributed by atoms with Crippen LogP contribution in [0.3, 0.4) is 0 Å². The van der Waals surface area contributed by atoms with Gasteiger partial charge in [0.05, 0.1) is 20.3 Å². The molecule has 6 rings (SSSR count). The van der Waals surface area contributed by atoms with Crippen LogP contribution < -0.4 is 10.1 Å². The van der Waals surface area contributed by atoms with Crippen molar-refractivity contribution in [1.82, 2.24) is 15.1 Å². The molecule has 3 heterocycles. The smallest absolute Gasteiger partial charge is 0.415 e. The van der Waals surface area contributed by atoms with Gasteiger partial charge in [0.15, 0.2) is 0 Å². The van der Waals surface area contributed by atoms with E-state index in [9.17, 15) is 19.2 Å². The molecule has 0 radical (unpaired) electrons. The molecule has 3 amide bonds. The summed E-state index contributed by atoms with van der Waals surface area (Å²) >= 11 is 0. The van der Waals surface area contributed by atoms with E-state index in [0.717, 1.165) is 36.8 Å².